The summed E-state index contributed by atoms with van der Waals surface area (Å²) in [6.45, 7) is 0. The van der Waals surface area contributed by atoms with Gasteiger partial charge in [0.25, 0.3) is 5.91 Å². The number of pyridine rings is 1. The van der Waals surface area contributed by atoms with E-state index in [0.717, 1.165) is 5.56 Å². The van der Waals surface area contributed by atoms with Gasteiger partial charge in [0.1, 0.15) is 6.04 Å². The van der Waals surface area contributed by atoms with Gasteiger partial charge in [-0.15, -0.1) is 0 Å². The molecule has 0 aliphatic heterocycles. The van der Waals surface area contributed by atoms with Gasteiger partial charge in [0.15, 0.2) is 0 Å². The van der Waals surface area contributed by atoms with E-state index in [4.69, 9.17) is 9.47 Å². The maximum atomic E-state index is 12.2. The average Bonchev–Trinajstić information content (AvgIpc) is 2.61. The van der Waals surface area contributed by atoms with Crippen molar-refractivity contribution in [2.45, 2.75) is 12.5 Å². The molecule has 1 aromatic carbocycles. The second kappa shape index (κ2) is 7.93. The van der Waals surface area contributed by atoms with Crippen molar-refractivity contribution in [1.29, 1.82) is 0 Å². The van der Waals surface area contributed by atoms with Crippen LogP contribution in [0.1, 0.15) is 15.9 Å². The lowest BCUT2D eigenvalue weighted by Crippen LogP contribution is -2.43. The average molecular weight is 314 g/mol. The molecule has 0 saturated heterocycles. The molecule has 0 unspecified atom stereocenters. The van der Waals surface area contributed by atoms with Crippen LogP contribution in [0.2, 0.25) is 0 Å². The highest BCUT2D eigenvalue weighted by Gasteiger charge is 2.22. The molecule has 0 fully saturated rings. The van der Waals surface area contributed by atoms with E-state index in [2.05, 4.69) is 10.3 Å². The van der Waals surface area contributed by atoms with Crippen molar-refractivity contribution in [1.82, 2.24) is 10.3 Å². The first-order valence-electron chi connectivity index (χ1n) is 7.06. The lowest BCUT2D eigenvalue weighted by atomic mass is 10.1. The number of hydrogen-bond acceptors (Lipinski definition) is 5. The Morgan fingerprint density at radius 3 is 2.43 bits per heavy atom. The van der Waals surface area contributed by atoms with Gasteiger partial charge >= 0.3 is 5.97 Å². The second-order valence-corrected chi connectivity index (χ2v) is 4.83. The summed E-state index contributed by atoms with van der Waals surface area (Å²) in [5, 5.41) is 2.69. The lowest BCUT2D eigenvalue weighted by Gasteiger charge is -2.16. The van der Waals surface area contributed by atoms with Crippen molar-refractivity contribution in [3.05, 3.63) is 59.8 Å². The number of nitrogens with zero attached hydrogens (tertiary/aromatic N) is 1. The molecule has 0 spiro atoms. The molecule has 1 amide bonds. The molecule has 6 nitrogen and oxygen atoms in total. The summed E-state index contributed by atoms with van der Waals surface area (Å²) in [6, 6.07) is 11.4. The van der Waals surface area contributed by atoms with Gasteiger partial charge < -0.3 is 14.8 Å². The maximum Gasteiger partial charge on any atom is 0.328 e. The fraction of sp³-hybridized carbons (Fsp3) is 0.235. The fourth-order valence-corrected chi connectivity index (χ4v) is 2.05. The number of benzene rings is 1. The molecule has 0 saturated carbocycles. The maximum absolute atomic E-state index is 12.2. The van der Waals surface area contributed by atoms with Gasteiger partial charge in [-0.2, -0.15) is 0 Å². The molecular weight excluding hydrogens is 296 g/mol. The Balaban J connectivity index is 2.10. The number of methoxy groups -OCH3 is 2. The molecule has 23 heavy (non-hydrogen) atoms. The van der Waals surface area contributed by atoms with E-state index in [0.29, 0.717) is 11.4 Å². The Labute approximate surface area is 134 Å². The first kappa shape index (κ1) is 16.5. The number of rotatable bonds is 6. The molecule has 2 aromatic rings. The third-order valence-electron chi connectivity index (χ3n) is 3.27. The number of carbonyl (C=O) groups is 2. The van der Waals surface area contributed by atoms with Crippen LogP contribution >= 0.6 is 0 Å². The number of amides is 1. The summed E-state index contributed by atoms with van der Waals surface area (Å²) in [4.78, 5) is 28.2. The first-order valence-corrected chi connectivity index (χ1v) is 7.06. The van der Waals surface area contributed by atoms with Crippen molar-refractivity contribution in [3.8, 4) is 5.88 Å². The van der Waals surface area contributed by atoms with Gasteiger partial charge in [-0.05, 0) is 17.7 Å². The monoisotopic (exact) mass is 314 g/mol. The summed E-state index contributed by atoms with van der Waals surface area (Å²) in [5.41, 5.74) is 1.27. The third kappa shape index (κ3) is 4.54. The topological polar surface area (TPSA) is 77.5 Å². The van der Waals surface area contributed by atoms with Crippen molar-refractivity contribution >= 4 is 11.9 Å². The van der Waals surface area contributed by atoms with Gasteiger partial charge in [-0.1, -0.05) is 24.3 Å². The van der Waals surface area contributed by atoms with Crippen molar-refractivity contribution in [2.75, 3.05) is 14.2 Å². The van der Waals surface area contributed by atoms with E-state index < -0.39 is 12.0 Å². The Kier molecular flexibility index (Phi) is 5.68. The minimum Gasteiger partial charge on any atom is -0.481 e. The first-order chi connectivity index (χ1) is 11.1. The predicted molar refractivity (Wildman–Crippen MR) is 84.2 cm³/mol. The van der Waals surface area contributed by atoms with Gasteiger partial charge in [0, 0.05) is 24.2 Å². The van der Waals surface area contributed by atoms with Gasteiger partial charge in [-0.25, -0.2) is 9.78 Å². The highest BCUT2D eigenvalue weighted by Crippen LogP contribution is 2.10. The number of esters is 1. The Morgan fingerprint density at radius 1 is 1.13 bits per heavy atom. The zero-order valence-corrected chi connectivity index (χ0v) is 13.0. The van der Waals surface area contributed by atoms with Gasteiger partial charge in [0.2, 0.25) is 5.88 Å². The van der Waals surface area contributed by atoms with Crippen LogP contribution in [0, 0.1) is 0 Å². The quantitative estimate of drug-likeness (QED) is 0.820. The summed E-state index contributed by atoms with van der Waals surface area (Å²) in [7, 11) is 2.82. The second-order valence-electron chi connectivity index (χ2n) is 4.83. The number of ether oxygens (including phenoxy) is 2. The molecule has 1 N–H and O–H groups in total. The standard InChI is InChI=1S/C17H18N2O4/c1-22-15-9-8-12(11-18-15)10-14(17(21)23-2)19-16(20)13-6-4-3-5-7-13/h3-9,11,14H,10H2,1-2H3,(H,19,20)/t14-/m0/s1. The molecule has 120 valence electrons. The zero-order chi connectivity index (χ0) is 16.7. The molecule has 0 aliphatic carbocycles. The largest absolute Gasteiger partial charge is 0.481 e. The number of carbonyl (C=O) groups excluding carboxylic acids is 2. The van der Waals surface area contributed by atoms with Crippen molar-refractivity contribution < 1.29 is 19.1 Å². The van der Waals surface area contributed by atoms with Gasteiger partial charge in [-0.3, -0.25) is 4.79 Å². The van der Waals surface area contributed by atoms with Crippen LogP contribution < -0.4 is 10.1 Å². The van der Waals surface area contributed by atoms with Crippen LogP contribution in [0.15, 0.2) is 48.7 Å². The van der Waals surface area contributed by atoms with E-state index in [1.807, 2.05) is 6.07 Å². The molecule has 0 radical (unpaired) electrons. The van der Waals surface area contributed by atoms with E-state index in [-0.39, 0.29) is 12.3 Å². The van der Waals surface area contributed by atoms with Crippen molar-refractivity contribution in [2.24, 2.45) is 0 Å². The molecule has 0 aliphatic rings. The van der Waals surface area contributed by atoms with Crippen LogP contribution in [0.4, 0.5) is 0 Å². The van der Waals surface area contributed by atoms with E-state index >= 15 is 0 Å². The van der Waals surface area contributed by atoms with Crippen molar-refractivity contribution in [3.63, 3.8) is 0 Å². The van der Waals surface area contributed by atoms with E-state index in [1.54, 1.807) is 42.6 Å². The molecule has 1 aromatic heterocycles. The smallest absolute Gasteiger partial charge is 0.328 e. The number of hydrogen-bond donors (Lipinski definition) is 1. The van der Waals surface area contributed by atoms with E-state index in [9.17, 15) is 9.59 Å². The molecule has 1 heterocycles. The Bertz CT molecular complexity index is 656. The van der Waals surface area contributed by atoms with Crippen LogP contribution in [0.25, 0.3) is 0 Å². The highest BCUT2D eigenvalue weighted by molar-refractivity contribution is 5.96. The minimum atomic E-state index is -0.789. The van der Waals surface area contributed by atoms with Crippen LogP contribution in [-0.2, 0) is 16.0 Å². The van der Waals surface area contributed by atoms with E-state index in [1.165, 1.54) is 14.2 Å². The highest BCUT2D eigenvalue weighted by atomic mass is 16.5. The summed E-state index contributed by atoms with van der Waals surface area (Å²) in [5.74, 6) is -0.357. The summed E-state index contributed by atoms with van der Waals surface area (Å²) >= 11 is 0. The van der Waals surface area contributed by atoms with Crippen LogP contribution in [0.3, 0.4) is 0 Å². The summed E-state index contributed by atoms with van der Waals surface area (Å²) in [6.07, 6.45) is 1.88. The fourth-order valence-electron chi connectivity index (χ4n) is 2.05. The number of nitrogens with one attached hydrogen (secondary N) is 1. The van der Waals surface area contributed by atoms with Crippen LogP contribution in [-0.4, -0.2) is 37.1 Å². The molecule has 0 bridgehead atoms. The zero-order valence-electron chi connectivity index (χ0n) is 13.0. The molecule has 6 heteroatoms. The SMILES string of the molecule is COC(=O)[C@H](Cc1ccc(OC)nc1)NC(=O)c1ccccc1. The predicted octanol–water partition coefficient (Wildman–Crippen LogP) is 1.60. The minimum absolute atomic E-state index is 0.280. The lowest BCUT2D eigenvalue weighted by molar-refractivity contribution is -0.142. The molecule has 1 atom stereocenters. The normalized spacial score (nSPS) is 11.4. The molecular formula is C17H18N2O4. The third-order valence-corrected chi connectivity index (χ3v) is 3.27. The summed E-state index contributed by atoms with van der Waals surface area (Å²) < 4.78 is 9.76. The van der Waals surface area contributed by atoms with Crippen LogP contribution in [0.5, 0.6) is 5.88 Å². The molecule has 2 rings (SSSR count). The number of aromatic nitrogens is 1. The Hall–Kier alpha value is -2.89. The Morgan fingerprint density at radius 2 is 1.87 bits per heavy atom. The van der Waals surface area contributed by atoms with Gasteiger partial charge in [0.05, 0.1) is 14.2 Å².